The smallest absolute Gasteiger partial charge is 0.134 e. The third-order valence-electron chi connectivity index (χ3n) is 5.51. The van der Waals surface area contributed by atoms with Crippen LogP contribution in [0.1, 0.15) is 18.1 Å². The first-order chi connectivity index (χ1) is 14.3. The fourth-order valence-electron chi connectivity index (χ4n) is 3.82. The topological polar surface area (TPSA) is 35.5 Å². The Kier molecular flexibility index (Phi) is 6.37. The van der Waals surface area contributed by atoms with Gasteiger partial charge in [0.2, 0.25) is 0 Å². The summed E-state index contributed by atoms with van der Waals surface area (Å²) in [6, 6.07) is 23.4. The van der Waals surface area contributed by atoms with Gasteiger partial charge in [0.05, 0.1) is 0 Å². The van der Waals surface area contributed by atoms with E-state index in [9.17, 15) is 0 Å². The van der Waals surface area contributed by atoms with Crippen LogP contribution in [0.2, 0.25) is 0 Å². The lowest BCUT2D eigenvalue weighted by atomic mass is 10.2. The fraction of sp³-hybridized carbons (Fsp3) is 0.333. The Hall–Kier alpha value is -2.92. The van der Waals surface area contributed by atoms with Crippen molar-refractivity contribution in [2.75, 3.05) is 42.5 Å². The highest BCUT2D eigenvalue weighted by Gasteiger charge is 2.19. The van der Waals surface area contributed by atoms with Crippen LogP contribution < -0.4 is 9.80 Å². The lowest BCUT2D eigenvalue weighted by Gasteiger charge is -2.35. The molecular formula is C24H29N5. The number of anilines is 2. The average Bonchev–Trinajstić information content (AvgIpc) is 2.79. The van der Waals surface area contributed by atoms with Crippen molar-refractivity contribution >= 4 is 11.6 Å². The van der Waals surface area contributed by atoms with E-state index in [0.29, 0.717) is 0 Å². The zero-order chi connectivity index (χ0) is 19.9. The molecule has 1 aliphatic heterocycles. The Morgan fingerprint density at radius 3 is 2.14 bits per heavy atom. The van der Waals surface area contributed by atoms with Gasteiger partial charge in [0.25, 0.3) is 0 Å². The molecule has 0 spiro atoms. The van der Waals surface area contributed by atoms with Gasteiger partial charge < -0.3 is 9.80 Å². The molecule has 1 aliphatic rings. The Balaban J connectivity index is 1.38. The first-order valence-corrected chi connectivity index (χ1v) is 10.4. The van der Waals surface area contributed by atoms with E-state index < -0.39 is 0 Å². The molecule has 5 heteroatoms. The van der Waals surface area contributed by atoms with Crippen LogP contribution in [-0.2, 0) is 13.1 Å². The number of piperazine rings is 1. The summed E-state index contributed by atoms with van der Waals surface area (Å²) in [5.41, 5.74) is 2.67. The van der Waals surface area contributed by atoms with Crippen LogP contribution >= 0.6 is 0 Å². The second-order valence-corrected chi connectivity index (χ2v) is 7.48. The lowest BCUT2D eigenvalue weighted by molar-refractivity contribution is 0.249. The van der Waals surface area contributed by atoms with Crippen LogP contribution in [0.3, 0.4) is 0 Å². The first kappa shape index (κ1) is 19.4. The maximum atomic E-state index is 4.57. The maximum Gasteiger partial charge on any atom is 0.134 e. The zero-order valence-corrected chi connectivity index (χ0v) is 17.1. The van der Waals surface area contributed by atoms with Gasteiger partial charge in [-0.15, -0.1) is 0 Å². The molecule has 0 atom stereocenters. The van der Waals surface area contributed by atoms with Gasteiger partial charge in [0.1, 0.15) is 18.0 Å². The Bertz CT molecular complexity index is 876. The fourth-order valence-corrected chi connectivity index (χ4v) is 3.82. The molecule has 0 radical (unpaired) electrons. The molecule has 0 amide bonds. The van der Waals surface area contributed by atoms with Crippen LogP contribution in [0.15, 0.2) is 73.1 Å². The number of aromatic nitrogens is 2. The predicted octanol–water partition coefficient (Wildman–Crippen LogP) is 3.83. The highest BCUT2D eigenvalue weighted by Crippen LogP contribution is 2.21. The molecule has 150 valence electrons. The van der Waals surface area contributed by atoms with E-state index in [2.05, 4.69) is 98.3 Å². The normalized spacial score (nSPS) is 14.7. The second-order valence-electron chi connectivity index (χ2n) is 7.48. The average molecular weight is 388 g/mol. The summed E-state index contributed by atoms with van der Waals surface area (Å²) in [5.74, 6) is 2.02. The molecule has 5 nitrogen and oxygen atoms in total. The number of hydrogen-bond acceptors (Lipinski definition) is 5. The Morgan fingerprint density at radius 2 is 1.48 bits per heavy atom. The largest absolute Gasteiger partial charge is 0.354 e. The molecule has 4 rings (SSSR count). The van der Waals surface area contributed by atoms with Crippen molar-refractivity contribution in [3.8, 4) is 0 Å². The van der Waals surface area contributed by atoms with Gasteiger partial charge in [0, 0.05) is 51.9 Å². The minimum atomic E-state index is 0.860. The van der Waals surface area contributed by atoms with Gasteiger partial charge >= 0.3 is 0 Å². The van der Waals surface area contributed by atoms with Gasteiger partial charge in [-0.3, -0.25) is 4.90 Å². The van der Waals surface area contributed by atoms with Gasteiger partial charge in [-0.1, -0.05) is 60.7 Å². The molecule has 3 aromatic rings. The second kappa shape index (κ2) is 9.52. The van der Waals surface area contributed by atoms with Crippen molar-refractivity contribution < 1.29 is 0 Å². The molecule has 0 bridgehead atoms. The summed E-state index contributed by atoms with van der Waals surface area (Å²) in [6.07, 6.45) is 1.70. The third kappa shape index (κ3) is 5.12. The monoisotopic (exact) mass is 387 g/mol. The molecule has 1 aromatic heterocycles. The molecule has 0 unspecified atom stereocenters. The quantitative estimate of drug-likeness (QED) is 0.616. The van der Waals surface area contributed by atoms with Crippen molar-refractivity contribution in [3.63, 3.8) is 0 Å². The van der Waals surface area contributed by atoms with E-state index in [1.807, 2.05) is 0 Å². The standard InChI is InChI=1S/C24H29N5/c1-2-28(19-22-11-7-4-8-12-22)23-17-24(26-20-25-23)29-15-13-27(14-16-29)18-21-9-5-3-6-10-21/h3-12,17,20H,2,13-16,18-19H2,1H3. The van der Waals surface area contributed by atoms with Crippen molar-refractivity contribution in [2.45, 2.75) is 20.0 Å². The Labute approximate surface area is 173 Å². The van der Waals surface area contributed by atoms with Crippen molar-refractivity contribution in [1.82, 2.24) is 14.9 Å². The molecular weight excluding hydrogens is 358 g/mol. The maximum absolute atomic E-state index is 4.57. The van der Waals surface area contributed by atoms with E-state index in [1.54, 1.807) is 6.33 Å². The van der Waals surface area contributed by atoms with E-state index in [-0.39, 0.29) is 0 Å². The summed E-state index contributed by atoms with van der Waals surface area (Å²) in [5, 5.41) is 0. The van der Waals surface area contributed by atoms with Crippen LogP contribution in [0.5, 0.6) is 0 Å². The van der Waals surface area contributed by atoms with Crippen molar-refractivity contribution in [2.24, 2.45) is 0 Å². The Morgan fingerprint density at radius 1 is 0.828 bits per heavy atom. The van der Waals surface area contributed by atoms with Gasteiger partial charge in [0.15, 0.2) is 0 Å². The van der Waals surface area contributed by atoms with Crippen LogP contribution in [0.25, 0.3) is 0 Å². The summed E-state index contributed by atoms with van der Waals surface area (Å²) in [4.78, 5) is 16.3. The third-order valence-corrected chi connectivity index (χ3v) is 5.51. The first-order valence-electron chi connectivity index (χ1n) is 10.4. The molecule has 0 aliphatic carbocycles. The van der Waals surface area contributed by atoms with E-state index in [0.717, 1.165) is 57.4 Å². The van der Waals surface area contributed by atoms with Gasteiger partial charge in [-0.25, -0.2) is 9.97 Å². The van der Waals surface area contributed by atoms with Crippen molar-refractivity contribution in [1.29, 1.82) is 0 Å². The van der Waals surface area contributed by atoms with E-state index >= 15 is 0 Å². The van der Waals surface area contributed by atoms with Crippen molar-refractivity contribution in [3.05, 3.63) is 84.2 Å². The number of hydrogen-bond donors (Lipinski definition) is 0. The molecule has 2 heterocycles. The highest BCUT2D eigenvalue weighted by atomic mass is 15.3. The summed E-state index contributed by atoms with van der Waals surface area (Å²) >= 11 is 0. The minimum Gasteiger partial charge on any atom is -0.354 e. The van der Waals surface area contributed by atoms with Crippen LogP contribution in [0.4, 0.5) is 11.6 Å². The molecule has 2 aromatic carbocycles. The zero-order valence-electron chi connectivity index (χ0n) is 17.1. The lowest BCUT2D eigenvalue weighted by Crippen LogP contribution is -2.46. The molecule has 29 heavy (non-hydrogen) atoms. The van der Waals surface area contributed by atoms with Gasteiger partial charge in [-0.05, 0) is 18.1 Å². The number of benzene rings is 2. The molecule has 1 fully saturated rings. The number of rotatable bonds is 7. The minimum absolute atomic E-state index is 0.860. The summed E-state index contributed by atoms with van der Waals surface area (Å²) < 4.78 is 0. The molecule has 0 saturated carbocycles. The van der Waals surface area contributed by atoms with E-state index in [4.69, 9.17) is 0 Å². The van der Waals surface area contributed by atoms with Crippen LogP contribution in [0, 0.1) is 0 Å². The SMILES string of the molecule is CCN(Cc1ccccc1)c1cc(N2CCN(Cc3ccccc3)CC2)ncn1. The van der Waals surface area contributed by atoms with Gasteiger partial charge in [-0.2, -0.15) is 0 Å². The molecule has 1 saturated heterocycles. The molecule has 0 N–H and O–H groups in total. The van der Waals surface area contributed by atoms with Crippen LogP contribution in [-0.4, -0.2) is 47.6 Å². The summed E-state index contributed by atoms with van der Waals surface area (Å²) in [7, 11) is 0. The predicted molar refractivity (Wildman–Crippen MR) is 119 cm³/mol. The summed E-state index contributed by atoms with van der Waals surface area (Å²) in [6.45, 7) is 9.06. The highest BCUT2D eigenvalue weighted by molar-refractivity contribution is 5.50. The number of nitrogens with zero attached hydrogens (tertiary/aromatic N) is 5. The van der Waals surface area contributed by atoms with E-state index in [1.165, 1.54) is 11.1 Å².